The van der Waals surface area contributed by atoms with Gasteiger partial charge in [0, 0.05) is 44.3 Å². The van der Waals surface area contributed by atoms with Crippen molar-refractivity contribution in [3.05, 3.63) is 212 Å². The average Bonchev–Trinajstić information content (AvgIpc) is 3.23. The highest BCUT2D eigenvalue weighted by Crippen LogP contribution is 2.51. The van der Waals surface area contributed by atoms with E-state index in [1.54, 1.807) is 0 Å². The van der Waals surface area contributed by atoms with Gasteiger partial charge in [0.15, 0.2) is 0 Å². The number of para-hydroxylation sites is 3. The summed E-state index contributed by atoms with van der Waals surface area (Å²) in [4.78, 5) is 4.93. The van der Waals surface area contributed by atoms with Crippen LogP contribution in [0.3, 0.4) is 0 Å². The molecule has 9 rings (SSSR count). The van der Waals surface area contributed by atoms with Gasteiger partial charge in [0.25, 0.3) is 0 Å². The maximum absolute atomic E-state index is 2.48. The summed E-state index contributed by atoms with van der Waals surface area (Å²) in [6.07, 6.45) is 9.04. The third kappa shape index (κ3) is 5.85. The van der Waals surface area contributed by atoms with Crippen LogP contribution < -0.4 is 9.80 Å². The van der Waals surface area contributed by atoms with Crippen molar-refractivity contribution in [3.8, 4) is 22.3 Å². The maximum atomic E-state index is 2.48. The lowest BCUT2D eigenvalue weighted by molar-refractivity contribution is 0.999. The maximum Gasteiger partial charge on any atom is 0.0620 e. The van der Waals surface area contributed by atoms with Crippen molar-refractivity contribution in [1.29, 1.82) is 0 Å². The first kappa shape index (κ1) is 31.3. The Labute approximate surface area is 305 Å². The molecule has 0 aromatic heterocycles. The van der Waals surface area contributed by atoms with Gasteiger partial charge in [-0.05, 0) is 89.7 Å². The summed E-state index contributed by atoms with van der Waals surface area (Å²) >= 11 is 0. The van der Waals surface area contributed by atoms with Crippen molar-refractivity contribution in [2.45, 2.75) is 12.8 Å². The Morgan fingerprint density at radius 2 is 0.731 bits per heavy atom. The molecule has 52 heavy (non-hydrogen) atoms. The molecule has 0 unspecified atom stereocenters. The first-order chi connectivity index (χ1) is 25.8. The minimum atomic E-state index is 1.01. The summed E-state index contributed by atoms with van der Waals surface area (Å²) in [5.74, 6) is 0. The van der Waals surface area contributed by atoms with Gasteiger partial charge in [-0.3, -0.25) is 0 Å². The molecule has 8 aromatic rings. The number of rotatable bonds is 8. The molecule has 0 saturated carbocycles. The zero-order chi connectivity index (χ0) is 34.7. The van der Waals surface area contributed by atoms with Gasteiger partial charge in [-0.1, -0.05) is 152 Å². The molecule has 0 fully saturated rings. The molecular formula is C50H38N2. The summed E-state index contributed by atoms with van der Waals surface area (Å²) in [6.45, 7) is 0. The van der Waals surface area contributed by atoms with E-state index in [0.717, 1.165) is 35.6 Å². The van der Waals surface area contributed by atoms with Gasteiger partial charge in [0.2, 0.25) is 0 Å². The third-order valence-corrected chi connectivity index (χ3v) is 10.00. The number of hydrogen-bond acceptors (Lipinski definition) is 2. The molecule has 0 amide bonds. The van der Waals surface area contributed by atoms with Crippen LogP contribution in [0.5, 0.6) is 0 Å². The molecule has 0 radical (unpaired) electrons. The van der Waals surface area contributed by atoms with Crippen LogP contribution in [0.1, 0.15) is 12.8 Å². The quantitative estimate of drug-likeness (QED) is 0.118. The summed E-state index contributed by atoms with van der Waals surface area (Å²) in [5, 5.41) is 4.75. The van der Waals surface area contributed by atoms with E-state index in [-0.39, 0.29) is 0 Å². The number of allylic oxidation sites excluding steroid dienone is 3. The molecule has 0 bridgehead atoms. The van der Waals surface area contributed by atoms with Crippen LogP contribution in [-0.2, 0) is 0 Å². The highest BCUT2D eigenvalue weighted by Gasteiger charge is 2.26. The molecule has 2 nitrogen and oxygen atoms in total. The molecule has 8 aromatic carbocycles. The summed E-state index contributed by atoms with van der Waals surface area (Å²) in [5.41, 5.74) is 11.6. The van der Waals surface area contributed by atoms with Gasteiger partial charge in [-0.2, -0.15) is 0 Å². The lowest BCUT2D eigenvalue weighted by Gasteiger charge is -2.34. The fourth-order valence-electron chi connectivity index (χ4n) is 7.60. The Bertz CT molecular complexity index is 2500. The minimum Gasteiger partial charge on any atom is -0.310 e. The SMILES string of the molecule is C1=CC(N(c2ccccc2)c2c3cc(-c4ccccc4)ccc3c(N(c3ccccc3)c3ccccc3)c3cc(-c4ccccc4)ccc23)=CCC1. The molecule has 0 heterocycles. The second kappa shape index (κ2) is 13.9. The van der Waals surface area contributed by atoms with Gasteiger partial charge < -0.3 is 9.80 Å². The zero-order valence-corrected chi connectivity index (χ0v) is 28.9. The normalized spacial score (nSPS) is 12.5. The number of hydrogen-bond donors (Lipinski definition) is 0. The molecule has 0 atom stereocenters. The second-order valence-corrected chi connectivity index (χ2v) is 13.2. The van der Waals surface area contributed by atoms with E-state index in [1.807, 2.05) is 0 Å². The molecule has 0 aliphatic heterocycles. The minimum absolute atomic E-state index is 1.01. The van der Waals surface area contributed by atoms with Crippen LogP contribution in [0.4, 0.5) is 28.4 Å². The fraction of sp³-hybridized carbons (Fsp3) is 0.0400. The van der Waals surface area contributed by atoms with Crippen LogP contribution in [0, 0.1) is 0 Å². The Kier molecular flexibility index (Phi) is 8.40. The van der Waals surface area contributed by atoms with Crippen molar-refractivity contribution < 1.29 is 0 Å². The molecule has 0 N–H and O–H groups in total. The Hall–Kier alpha value is -6.64. The van der Waals surface area contributed by atoms with Crippen molar-refractivity contribution >= 4 is 50.0 Å². The van der Waals surface area contributed by atoms with Gasteiger partial charge >= 0.3 is 0 Å². The molecule has 1 aliphatic rings. The fourth-order valence-corrected chi connectivity index (χ4v) is 7.60. The predicted octanol–water partition coefficient (Wildman–Crippen LogP) is 14.2. The number of fused-ring (bicyclic) bond motifs is 2. The van der Waals surface area contributed by atoms with Crippen molar-refractivity contribution in [2.24, 2.45) is 0 Å². The lowest BCUT2D eigenvalue weighted by atomic mass is 9.91. The highest BCUT2D eigenvalue weighted by atomic mass is 15.2. The Morgan fingerprint density at radius 3 is 1.15 bits per heavy atom. The zero-order valence-electron chi connectivity index (χ0n) is 28.9. The van der Waals surface area contributed by atoms with Gasteiger partial charge in [-0.15, -0.1) is 0 Å². The number of benzene rings is 8. The monoisotopic (exact) mass is 666 g/mol. The van der Waals surface area contributed by atoms with E-state index in [4.69, 9.17) is 0 Å². The van der Waals surface area contributed by atoms with Crippen LogP contribution in [0.15, 0.2) is 212 Å². The molecule has 0 spiro atoms. The first-order valence-corrected chi connectivity index (χ1v) is 18.1. The molecular weight excluding hydrogens is 629 g/mol. The van der Waals surface area contributed by atoms with Crippen LogP contribution in [0.25, 0.3) is 43.8 Å². The number of anilines is 5. The molecule has 248 valence electrons. The van der Waals surface area contributed by atoms with E-state index >= 15 is 0 Å². The van der Waals surface area contributed by atoms with E-state index in [2.05, 4.69) is 216 Å². The molecule has 1 aliphatic carbocycles. The van der Waals surface area contributed by atoms with Crippen LogP contribution in [-0.4, -0.2) is 0 Å². The van der Waals surface area contributed by atoms with Gasteiger partial charge in [0.05, 0.1) is 11.4 Å². The van der Waals surface area contributed by atoms with Crippen molar-refractivity contribution in [3.63, 3.8) is 0 Å². The third-order valence-electron chi connectivity index (χ3n) is 10.00. The smallest absolute Gasteiger partial charge is 0.0620 e. The first-order valence-electron chi connectivity index (χ1n) is 18.1. The second-order valence-electron chi connectivity index (χ2n) is 13.2. The topological polar surface area (TPSA) is 6.48 Å². The van der Waals surface area contributed by atoms with Crippen LogP contribution >= 0.6 is 0 Å². The summed E-state index contributed by atoms with van der Waals surface area (Å²) in [7, 11) is 0. The van der Waals surface area contributed by atoms with Crippen molar-refractivity contribution in [1.82, 2.24) is 0 Å². The van der Waals surface area contributed by atoms with Gasteiger partial charge in [-0.25, -0.2) is 0 Å². The summed E-state index contributed by atoms with van der Waals surface area (Å²) < 4.78 is 0. The van der Waals surface area contributed by atoms with E-state index in [0.29, 0.717) is 0 Å². The van der Waals surface area contributed by atoms with Crippen molar-refractivity contribution in [2.75, 3.05) is 9.80 Å². The molecule has 0 saturated heterocycles. The highest BCUT2D eigenvalue weighted by molar-refractivity contribution is 6.24. The average molecular weight is 667 g/mol. The summed E-state index contributed by atoms with van der Waals surface area (Å²) in [6, 6.07) is 68.0. The lowest BCUT2D eigenvalue weighted by Crippen LogP contribution is -2.18. The van der Waals surface area contributed by atoms with E-state index in [9.17, 15) is 0 Å². The van der Waals surface area contributed by atoms with Crippen LogP contribution in [0.2, 0.25) is 0 Å². The Morgan fingerprint density at radius 1 is 0.327 bits per heavy atom. The van der Waals surface area contributed by atoms with E-state index < -0.39 is 0 Å². The van der Waals surface area contributed by atoms with E-state index in [1.165, 1.54) is 55.2 Å². The number of nitrogens with zero attached hydrogens (tertiary/aromatic N) is 2. The largest absolute Gasteiger partial charge is 0.310 e. The molecule has 2 heteroatoms. The predicted molar refractivity (Wildman–Crippen MR) is 222 cm³/mol. The van der Waals surface area contributed by atoms with Gasteiger partial charge in [0.1, 0.15) is 0 Å². The Balaban J connectivity index is 1.47. The standard InChI is InChI=1S/C50H38N2/c1-7-19-37(20-8-1)39-31-33-45-47(35-39)49(51(41-23-11-3-12-24-41)42-25-13-4-14-26-42)46-34-32-40(38-21-9-2-10-22-38)36-48(46)50(45)52(43-27-15-5-16-28-43)44-29-17-6-18-30-44/h1-5,7-17,19-36H,6,18H2.